The fourth-order valence-electron chi connectivity index (χ4n) is 6.55. The Morgan fingerprint density at radius 2 is 0.979 bits per heavy atom. The van der Waals surface area contributed by atoms with E-state index in [0.717, 1.165) is 27.8 Å². The summed E-state index contributed by atoms with van der Waals surface area (Å²) in [6.07, 6.45) is -3.19. The van der Waals surface area contributed by atoms with Gasteiger partial charge in [-0.15, -0.1) is 0 Å². The number of rotatable bonds is 13. The zero-order valence-corrected chi connectivity index (χ0v) is 26.5. The van der Waals surface area contributed by atoms with Crippen LogP contribution in [0.1, 0.15) is 33.9 Å². The summed E-state index contributed by atoms with van der Waals surface area (Å²) in [5.74, 6) is 0. The molecule has 5 atom stereocenters. The van der Waals surface area contributed by atoms with Gasteiger partial charge in [-0.05, 0) is 38.9 Å². The first-order chi connectivity index (χ1) is 23.3. The molecule has 6 heteroatoms. The molecule has 240 valence electrons. The molecular weight excluding hydrogens is 588 g/mol. The first-order valence-electron chi connectivity index (χ1n) is 16.2. The fraction of sp³-hybridized carbons (Fsp3) is 0.268. The molecule has 1 heterocycles. The number of hydrogen-bond donors (Lipinski definition) is 0. The smallest absolute Gasteiger partial charge is 0.186 e. The van der Waals surface area contributed by atoms with Crippen LogP contribution in [0.4, 0.5) is 0 Å². The van der Waals surface area contributed by atoms with Crippen LogP contribution in [-0.2, 0) is 48.2 Å². The van der Waals surface area contributed by atoms with Crippen LogP contribution < -0.4 is 0 Å². The second-order valence-corrected chi connectivity index (χ2v) is 12.0. The molecule has 5 aromatic carbocycles. The Kier molecular flexibility index (Phi) is 10.2. The van der Waals surface area contributed by atoms with Crippen molar-refractivity contribution >= 4 is 0 Å². The summed E-state index contributed by atoms with van der Waals surface area (Å²) in [7, 11) is 1.65. The summed E-state index contributed by atoms with van der Waals surface area (Å²) in [4.78, 5) is 0. The Morgan fingerprint density at radius 3 is 1.51 bits per heavy atom. The molecule has 1 saturated heterocycles. The topological polar surface area (TPSA) is 55.4 Å². The van der Waals surface area contributed by atoms with E-state index in [1.807, 2.05) is 54.6 Å². The summed E-state index contributed by atoms with van der Waals surface area (Å²) in [6.45, 7) is 1.51. The predicted molar refractivity (Wildman–Crippen MR) is 180 cm³/mol. The van der Waals surface area contributed by atoms with Crippen molar-refractivity contribution in [3.63, 3.8) is 0 Å². The van der Waals surface area contributed by atoms with Crippen LogP contribution >= 0.6 is 0 Å². The molecule has 7 rings (SSSR count). The van der Waals surface area contributed by atoms with Crippen LogP contribution in [0.5, 0.6) is 0 Å². The Balaban J connectivity index is 1.21. The third-order valence-electron chi connectivity index (χ3n) is 8.86. The largest absolute Gasteiger partial charge is 0.374 e. The van der Waals surface area contributed by atoms with Gasteiger partial charge in [0, 0.05) is 7.11 Å². The molecule has 0 spiro atoms. The van der Waals surface area contributed by atoms with E-state index >= 15 is 0 Å². The number of methoxy groups -OCH3 is 1. The van der Waals surface area contributed by atoms with Gasteiger partial charge in [-0.3, -0.25) is 0 Å². The summed E-state index contributed by atoms with van der Waals surface area (Å²) in [5, 5.41) is 0. The molecule has 47 heavy (non-hydrogen) atoms. The van der Waals surface area contributed by atoms with Crippen LogP contribution in [-0.4, -0.2) is 44.4 Å². The Morgan fingerprint density at radius 1 is 0.511 bits per heavy atom. The minimum absolute atomic E-state index is 0.293. The lowest BCUT2D eigenvalue weighted by Gasteiger charge is -2.46. The highest BCUT2D eigenvalue weighted by molar-refractivity contribution is 5.78. The third-order valence-corrected chi connectivity index (χ3v) is 8.86. The summed E-state index contributed by atoms with van der Waals surface area (Å²) in [6, 6.07) is 47.3. The van der Waals surface area contributed by atoms with Crippen LogP contribution in [0.25, 0.3) is 11.1 Å². The molecule has 0 N–H and O–H groups in total. The number of ether oxygens (including phenoxy) is 6. The molecule has 5 aromatic rings. The highest BCUT2D eigenvalue weighted by atomic mass is 16.7. The average Bonchev–Trinajstić information content (AvgIpc) is 3.45. The molecule has 1 aliphatic carbocycles. The maximum absolute atomic E-state index is 7.12. The van der Waals surface area contributed by atoms with E-state index < -0.39 is 30.7 Å². The number of hydrogen-bond acceptors (Lipinski definition) is 6. The second-order valence-electron chi connectivity index (χ2n) is 12.0. The van der Waals surface area contributed by atoms with Crippen molar-refractivity contribution in [2.45, 2.75) is 56.6 Å². The van der Waals surface area contributed by atoms with Crippen LogP contribution in [0, 0.1) is 0 Å². The minimum Gasteiger partial charge on any atom is -0.374 e. The second kappa shape index (κ2) is 15.2. The molecule has 0 unspecified atom stereocenters. The van der Waals surface area contributed by atoms with E-state index in [2.05, 4.69) is 84.9 Å². The lowest BCUT2D eigenvalue weighted by Crippen LogP contribution is -2.61. The highest BCUT2D eigenvalue weighted by Gasteiger charge is 2.50. The normalized spacial score (nSPS) is 22.1. The SMILES string of the molecule is CO[C@@H]1O[C@H](COCc2ccccc2)[C@@H](OCc2ccccc2)[C@H](OCc2ccccc2)[C@H]1OC1c2ccccc2-c2ccccc21. The Hall–Kier alpha value is -4.14. The summed E-state index contributed by atoms with van der Waals surface area (Å²) < 4.78 is 39.7. The molecule has 1 aliphatic heterocycles. The van der Waals surface area contributed by atoms with E-state index in [0.29, 0.717) is 26.4 Å². The number of fused-ring (bicyclic) bond motifs is 3. The maximum Gasteiger partial charge on any atom is 0.186 e. The molecule has 0 amide bonds. The first-order valence-corrected chi connectivity index (χ1v) is 16.2. The lowest BCUT2D eigenvalue weighted by molar-refractivity contribution is -0.326. The van der Waals surface area contributed by atoms with Gasteiger partial charge in [0.1, 0.15) is 30.5 Å². The standard InChI is InChI=1S/C41H40O6/c1-42-41-40(47-37-34-23-13-11-21-32(34)33-22-12-14-24-35(33)37)39(45-27-31-19-9-4-10-20-31)38(44-26-30-17-7-3-8-18-30)36(46-41)28-43-25-29-15-5-2-6-16-29/h2-24,36-41H,25-28H2,1H3/t36-,38-,39+,40-,41-/m1/s1. The van der Waals surface area contributed by atoms with Crippen molar-refractivity contribution < 1.29 is 28.4 Å². The quantitative estimate of drug-likeness (QED) is 0.132. The molecule has 1 fully saturated rings. The van der Waals surface area contributed by atoms with Crippen molar-refractivity contribution in [3.8, 4) is 11.1 Å². The Labute approximate surface area is 276 Å². The van der Waals surface area contributed by atoms with Crippen molar-refractivity contribution in [2.75, 3.05) is 13.7 Å². The predicted octanol–water partition coefficient (Wildman–Crippen LogP) is 7.90. The molecule has 0 aromatic heterocycles. The molecule has 6 nitrogen and oxygen atoms in total. The molecule has 0 radical (unpaired) electrons. The van der Waals surface area contributed by atoms with Crippen LogP contribution in [0.15, 0.2) is 140 Å². The zero-order valence-electron chi connectivity index (χ0n) is 26.5. The van der Waals surface area contributed by atoms with Gasteiger partial charge in [-0.2, -0.15) is 0 Å². The van der Waals surface area contributed by atoms with E-state index in [9.17, 15) is 0 Å². The minimum atomic E-state index is -0.724. The van der Waals surface area contributed by atoms with Crippen molar-refractivity contribution in [1.82, 2.24) is 0 Å². The van der Waals surface area contributed by atoms with Gasteiger partial charge in [-0.1, -0.05) is 140 Å². The van der Waals surface area contributed by atoms with E-state index in [-0.39, 0.29) is 6.10 Å². The van der Waals surface area contributed by atoms with Gasteiger partial charge in [0.05, 0.1) is 26.4 Å². The zero-order chi connectivity index (χ0) is 31.8. The van der Waals surface area contributed by atoms with Gasteiger partial charge in [0.15, 0.2) is 6.29 Å². The first kappa shape index (κ1) is 31.5. The molecule has 0 saturated carbocycles. The van der Waals surface area contributed by atoms with Gasteiger partial charge in [-0.25, -0.2) is 0 Å². The molecular formula is C41H40O6. The van der Waals surface area contributed by atoms with Gasteiger partial charge in [0.25, 0.3) is 0 Å². The monoisotopic (exact) mass is 628 g/mol. The molecule has 0 bridgehead atoms. The maximum atomic E-state index is 7.12. The van der Waals surface area contributed by atoms with Gasteiger partial charge in [0.2, 0.25) is 0 Å². The Bertz CT molecular complexity index is 1650. The highest BCUT2D eigenvalue weighted by Crippen LogP contribution is 2.47. The molecule has 2 aliphatic rings. The third kappa shape index (κ3) is 7.24. The van der Waals surface area contributed by atoms with Crippen molar-refractivity contribution in [3.05, 3.63) is 167 Å². The lowest BCUT2D eigenvalue weighted by atomic mass is 9.97. The summed E-state index contributed by atoms with van der Waals surface area (Å²) in [5.41, 5.74) is 7.77. The van der Waals surface area contributed by atoms with E-state index in [4.69, 9.17) is 28.4 Å². The van der Waals surface area contributed by atoms with Gasteiger partial charge >= 0.3 is 0 Å². The van der Waals surface area contributed by atoms with Crippen molar-refractivity contribution in [1.29, 1.82) is 0 Å². The number of benzene rings is 5. The van der Waals surface area contributed by atoms with Crippen LogP contribution in [0.3, 0.4) is 0 Å². The van der Waals surface area contributed by atoms with E-state index in [1.165, 1.54) is 11.1 Å². The summed E-state index contributed by atoms with van der Waals surface area (Å²) >= 11 is 0. The van der Waals surface area contributed by atoms with Crippen molar-refractivity contribution in [2.24, 2.45) is 0 Å². The van der Waals surface area contributed by atoms with Gasteiger partial charge < -0.3 is 28.4 Å². The fourth-order valence-corrected chi connectivity index (χ4v) is 6.55. The van der Waals surface area contributed by atoms with E-state index in [1.54, 1.807) is 7.11 Å². The average molecular weight is 629 g/mol. The van der Waals surface area contributed by atoms with Crippen LogP contribution in [0.2, 0.25) is 0 Å².